The summed E-state index contributed by atoms with van der Waals surface area (Å²) in [4.78, 5) is 1.93. The number of nitrogens with one attached hydrogen (secondary N) is 1. The maximum absolute atomic E-state index is 14.6. The number of benzene rings is 1. The average Bonchev–Trinajstić information content (AvgIpc) is 2.44. The Kier molecular flexibility index (Phi) is 4.41. The number of hydrogen-bond acceptors (Lipinski definition) is 2. The summed E-state index contributed by atoms with van der Waals surface area (Å²) in [5.41, 5.74) is -0.271. The van der Waals surface area contributed by atoms with Crippen LogP contribution in [-0.4, -0.2) is 35.6 Å². The van der Waals surface area contributed by atoms with E-state index in [1.165, 1.54) is 12.1 Å². The molecule has 4 heteroatoms. The molecule has 1 unspecified atom stereocenters. The molecule has 0 aromatic heterocycles. The summed E-state index contributed by atoms with van der Waals surface area (Å²) >= 11 is 0. The minimum Gasteiger partial charge on any atom is -0.308 e. The van der Waals surface area contributed by atoms with Crippen LogP contribution >= 0.6 is 0 Å². The van der Waals surface area contributed by atoms with E-state index in [1.807, 2.05) is 18.7 Å². The summed E-state index contributed by atoms with van der Waals surface area (Å²) in [6.07, 6.45) is 0.927. The molecule has 0 aliphatic carbocycles. The molecule has 1 heterocycles. The smallest absolute Gasteiger partial charge is 0.285 e. The number of alkyl halides is 2. The molecule has 118 valence electrons. The largest absolute Gasteiger partial charge is 0.308 e. The third-order valence-corrected chi connectivity index (χ3v) is 4.71. The van der Waals surface area contributed by atoms with Crippen LogP contribution in [0.4, 0.5) is 8.78 Å². The summed E-state index contributed by atoms with van der Waals surface area (Å²) in [5.74, 6) is -2.83. The molecule has 1 aromatic carbocycles. The van der Waals surface area contributed by atoms with Gasteiger partial charge < -0.3 is 5.32 Å². The Bertz CT molecular complexity index is 473. The van der Waals surface area contributed by atoms with E-state index in [9.17, 15) is 8.78 Å². The van der Waals surface area contributed by atoms with Crippen LogP contribution in [0.25, 0.3) is 0 Å². The van der Waals surface area contributed by atoms with Crippen molar-refractivity contribution in [2.75, 3.05) is 19.6 Å². The van der Waals surface area contributed by atoms with Gasteiger partial charge in [0, 0.05) is 29.7 Å². The van der Waals surface area contributed by atoms with Crippen molar-refractivity contribution < 1.29 is 8.78 Å². The highest BCUT2D eigenvalue weighted by Gasteiger charge is 2.44. The minimum atomic E-state index is -2.83. The molecule has 0 spiro atoms. The summed E-state index contributed by atoms with van der Waals surface area (Å²) in [7, 11) is 0. The standard InChI is InChI=1S/C17H26F2N2/c1-5-16(4)12-21(15(2,3)11-20-16)13-17(18,19)14-9-7-6-8-10-14/h6-10,20H,5,11-13H2,1-4H3. The van der Waals surface area contributed by atoms with Crippen LogP contribution in [0.2, 0.25) is 0 Å². The van der Waals surface area contributed by atoms with Gasteiger partial charge in [-0.25, -0.2) is 0 Å². The lowest BCUT2D eigenvalue weighted by Gasteiger charge is -2.51. The topological polar surface area (TPSA) is 15.3 Å². The van der Waals surface area contributed by atoms with E-state index in [1.54, 1.807) is 18.2 Å². The van der Waals surface area contributed by atoms with Gasteiger partial charge in [-0.05, 0) is 27.2 Å². The van der Waals surface area contributed by atoms with E-state index < -0.39 is 5.92 Å². The van der Waals surface area contributed by atoms with Gasteiger partial charge >= 0.3 is 0 Å². The predicted molar refractivity (Wildman–Crippen MR) is 82.7 cm³/mol. The Morgan fingerprint density at radius 2 is 1.81 bits per heavy atom. The summed E-state index contributed by atoms with van der Waals surface area (Å²) < 4.78 is 29.2. The molecule has 1 N–H and O–H groups in total. The maximum atomic E-state index is 14.6. The summed E-state index contributed by atoms with van der Waals surface area (Å²) in [5, 5.41) is 3.50. The number of hydrogen-bond donors (Lipinski definition) is 1. The molecular weight excluding hydrogens is 270 g/mol. The van der Waals surface area contributed by atoms with Gasteiger partial charge in [-0.3, -0.25) is 4.90 Å². The van der Waals surface area contributed by atoms with Crippen LogP contribution in [0.1, 0.15) is 39.7 Å². The SMILES string of the molecule is CCC1(C)CN(CC(F)(F)c2ccccc2)C(C)(C)CN1. The Labute approximate surface area is 126 Å². The van der Waals surface area contributed by atoms with Gasteiger partial charge in [0.2, 0.25) is 0 Å². The van der Waals surface area contributed by atoms with Gasteiger partial charge in [-0.2, -0.15) is 8.78 Å². The fraction of sp³-hybridized carbons (Fsp3) is 0.647. The molecule has 2 rings (SSSR count). The van der Waals surface area contributed by atoms with E-state index in [0.29, 0.717) is 6.54 Å². The normalized spacial score (nSPS) is 26.8. The van der Waals surface area contributed by atoms with Crippen molar-refractivity contribution in [3.8, 4) is 0 Å². The molecule has 1 fully saturated rings. The van der Waals surface area contributed by atoms with Crippen LogP contribution in [0, 0.1) is 0 Å². The molecule has 1 saturated heterocycles. The molecular formula is C17H26F2N2. The monoisotopic (exact) mass is 296 g/mol. The zero-order valence-corrected chi connectivity index (χ0v) is 13.4. The van der Waals surface area contributed by atoms with Crippen molar-refractivity contribution in [2.45, 2.75) is 51.1 Å². The average molecular weight is 296 g/mol. The first-order valence-electron chi connectivity index (χ1n) is 7.62. The summed E-state index contributed by atoms with van der Waals surface area (Å²) in [6, 6.07) is 8.12. The maximum Gasteiger partial charge on any atom is 0.285 e. The van der Waals surface area contributed by atoms with E-state index in [-0.39, 0.29) is 23.2 Å². The Morgan fingerprint density at radius 3 is 2.38 bits per heavy atom. The first-order chi connectivity index (χ1) is 9.69. The van der Waals surface area contributed by atoms with E-state index >= 15 is 0 Å². The fourth-order valence-corrected chi connectivity index (χ4v) is 2.75. The van der Waals surface area contributed by atoms with Crippen molar-refractivity contribution in [2.24, 2.45) is 0 Å². The highest BCUT2D eigenvalue weighted by Crippen LogP contribution is 2.34. The quantitative estimate of drug-likeness (QED) is 0.912. The van der Waals surface area contributed by atoms with Gasteiger partial charge in [-0.15, -0.1) is 0 Å². The summed E-state index contributed by atoms with van der Waals surface area (Å²) in [6.45, 7) is 9.38. The Morgan fingerprint density at radius 1 is 1.19 bits per heavy atom. The second kappa shape index (κ2) is 5.65. The first-order valence-corrected chi connectivity index (χ1v) is 7.62. The molecule has 0 radical (unpaired) electrons. The van der Waals surface area contributed by atoms with Crippen molar-refractivity contribution in [3.63, 3.8) is 0 Å². The van der Waals surface area contributed by atoms with Crippen LogP contribution in [-0.2, 0) is 5.92 Å². The first kappa shape index (κ1) is 16.4. The molecule has 0 saturated carbocycles. The molecule has 0 amide bonds. The van der Waals surface area contributed by atoms with Crippen molar-refractivity contribution in [3.05, 3.63) is 35.9 Å². The molecule has 1 aliphatic rings. The van der Waals surface area contributed by atoms with Gasteiger partial charge in [-0.1, -0.05) is 37.3 Å². The van der Waals surface area contributed by atoms with Crippen molar-refractivity contribution in [1.82, 2.24) is 10.2 Å². The molecule has 2 nitrogen and oxygen atoms in total. The zero-order valence-electron chi connectivity index (χ0n) is 13.4. The van der Waals surface area contributed by atoms with Crippen molar-refractivity contribution >= 4 is 0 Å². The number of halogens is 2. The molecule has 0 bridgehead atoms. The van der Waals surface area contributed by atoms with E-state index in [4.69, 9.17) is 0 Å². The van der Waals surface area contributed by atoms with Crippen molar-refractivity contribution in [1.29, 1.82) is 0 Å². The van der Waals surface area contributed by atoms with Crippen LogP contribution in [0.15, 0.2) is 30.3 Å². The van der Waals surface area contributed by atoms with Crippen LogP contribution < -0.4 is 5.32 Å². The highest BCUT2D eigenvalue weighted by molar-refractivity contribution is 5.20. The lowest BCUT2D eigenvalue weighted by molar-refractivity contribution is -0.0817. The zero-order chi connectivity index (χ0) is 15.7. The fourth-order valence-electron chi connectivity index (χ4n) is 2.75. The molecule has 1 aromatic rings. The number of rotatable bonds is 4. The second-order valence-corrected chi connectivity index (χ2v) is 7.01. The number of nitrogens with zero attached hydrogens (tertiary/aromatic N) is 1. The molecule has 21 heavy (non-hydrogen) atoms. The highest BCUT2D eigenvalue weighted by atomic mass is 19.3. The van der Waals surface area contributed by atoms with E-state index in [0.717, 1.165) is 13.0 Å². The van der Waals surface area contributed by atoms with Crippen LogP contribution in [0.3, 0.4) is 0 Å². The van der Waals surface area contributed by atoms with Gasteiger partial charge in [0.1, 0.15) is 0 Å². The number of piperazine rings is 1. The molecule has 1 atom stereocenters. The third-order valence-electron chi connectivity index (χ3n) is 4.71. The lowest BCUT2D eigenvalue weighted by atomic mass is 9.87. The van der Waals surface area contributed by atoms with Gasteiger partial charge in [0.25, 0.3) is 5.92 Å². The Balaban J connectivity index is 2.19. The van der Waals surface area contributed by atoms with Crippen LogP contribution in [0.5, 0.6) is 0 Å². The predicted octanol–water partition coefficient (Wildman–Crippen LogP) is 3.63. The Hall–Kier alpha value is -1.00. The third kappa shape index (κ3) is 3.61. The molecule has 1 aliphatic heterocycles. The van der Waals surface area contributed by atoms with E-state index in [2.05, 4.69) is 19.2 Å². The second-order valence-electron chi connectivity index (χ2n) is 7.01. The lowest BCUT2D eigenvalue weighted by Crippen LogP contribution is -2.68. The minimum absolute atomic E-state index is 0.0949. The van der Waals surface area contributed by atoms with Gasteiger partial charge in [0.05, 0.1) is 6.54 Å². The van der Waals surface area contributed by atoms with Gasteiger partial charge in [0.15, 0.2) is 0 Å².